The fourth-order valence-electron chi connectivity index (χ4n) is 2.28. The Balaban J connectivity index is 1.89. The van der Waals surface area contributed by atoms with Gasteiger partial charge in [0.2, 0.25) is 0 Å². The summed E-state index contributed by atoms with van der Waals surface area (Å²) in [7, 11) is 0. The zero-order chi connectivity index (χ0) is 19.2. The van der Waals surface area contributed by atoms with Crippen molar-refractivity contribution >= 4 is 33.5 Å². The molecule has 6 nitrogen and oxygen atoms in total. The van der Waals surface area contributed by atoms with Crippen LogP contribution in [0.1, 0.15) is 17.3 Å². The maximum absolute atomic E-state index is 13.1. The molecular formula is C19H16FN3O3S. The van der Waals surface area contributed by atoms with Crippen molar-refractivity contribution in [2.75, 3.05) is 17.2 Å². The smallest absolute Gasteiger partial charge is 0.413 e. The highest BCUT2D eigenvalue weighted by molar-refractivity contribution is 7.20. The molecule has 0 saturated carbocycles. The third-order valence-electron chi connectivity index (χ3n) is 3.49. The summed E-state index contributed by atoms with van der Waals surface area (Å²) in [5.74, 6) is -0.825. The molecule has 2 amide bonds. The van der Waals surface area contributed by atoms with E-state index in [0.29, 0.717) is 21.4 Å². The first-order valence-electron chi connectivity index (χ1n) is 8.13. The highest BCUT2D eigenvalue weighted by atomic mass is 32.1. The number of carbonyl (C=O) groups excluding carboxylic acids is 2. The Hall–Kier alpha value is -3.26. The van der Waals surface area contributed by atoms with Crippen molar-refractivity contribution in [1.82, 2.24) is 4.98 Å². The molecule has 0 fully saturated rings. The molecule has 0 atom stereocenters. The Kier molecular flexibility index (Phi) is 5.77. The largest absolute Gasteiger partial charge is 0.450 e. The minimum Gasteiger partial charge on any atom is -0.450 e. The van der Waals surface area contributed by atoms with Crippen LogP contribution in [0.2, 0.25) is 0 Å². The van der Waals surface area contributed by atoms with Crippen molar-refractivity contribution in [2.45, 2.75) is 6.92 Å². The van der Waals surface area contributed by atoms with Gasteiger partial charge in [0.25, 0.3) is 5.91 Å². The third-order valence-corrected chi connectivity index (χ3v) is 4.38. The number of halogens is 1. The quantitative estimate of drug-likeness (QED) is 0.663. The molecule has 1 aromatic heterocycles. The summed E-state index contributed by atoms with van der Waals surface area (Å²) in [4.78, 5) is 28.5. The Morgan fingerprint density at radius 3 is 2.44 bits per heavy atom. The first-order chi connectivity index (χ1) is 13.1. The number of ether oxygens (including phenoxy) is 1. The standard InChI is InChI=1S/C19H16FN3O3S/c1-2-26-19(25)23-18-21-15(12-6-4-3-5-7-12)17(27-18)22-16(24)13-8-10-14(20)11-9-13/h3-11H,2H2,1H3,(H,22,24)(H,21,23,25). The van der Waals surface area contributed by atoms with Crippen LogP contribution < -0.4 is 10.6 Å². The van der Waals surface area contributed by atoms with Crippen molar-refractivity contribution in [1.29, 1.82) is 0 Å². The topological polar surface area (TPSA) is 80.3 Å². The maximum atomic E-state index is 13.1. The monoisotopic (exact) mass is 385 g/mol. The van der Waals surface area contributed by atoms with Gasteiger partial charge in [-0.15, -0.1) is 0 Å². The molecule has 0 bridgehead atoms. The summed E-state index contributed by atoms with van der Waals surface area (Å²) in [6, 6.07) is 14.5. The van der Waals surface area contributed by atoms with Crippen LogP contribution >= 0.6 is 11.3 Å². The molecule has 0 aliphatic carbocycles. The van der Waals surface area contributed by atoms with Gasteiger partial charge in [0.05, 0.1) is 6.61 Å². The highest BCUT2D eigenvalue weighted by Crippen LogP contribution is 2.36. The lowest BCUT2D eigenvalue weighted by Gasteiger charge is -2.05. The summed E-state index contributed by atoms with van der Waals surface area (Å²) in [6.07, 6.45) is -0.623. The van der Waals surface area contributed by atoms with E-state index < -0.39 is 17.8 Å². The molecule has 0 saturated heterocycles. The summed E-state index contributed by atoms with van der Waals surface area (Å²) in [6.45, 7) is 1.93. The Morgan fingerprint density at radius 2 is 1.78 bits per heavy atom. The van der Waals surface area contributed by atoms with E-state index in [4.69, 9.17) is 4.74 Å². The second-order valence-corrected chi connectivity index (χ2v) is 6.37. The second-order valence-electron chi connectivity index (χ2n) is 5.37. The van der Waals surface area contributed by atoms with Crippen LogP contribution in [0.5, 0.6) is 0 Å². The van der Waals surface area contributed by atoms with Gasteiger partial charge in [-0.25, -0.2) is 14.2 Å². The molecule has 0 aliphatic heterocycles. The molecule has 0 unspecified atom stereocenters. The van der Waals surface area contributed by atoms with E-state index in [-0.39, 0.29) is 6.61 Å². The average molecular weight is 385 g/mol. The summed E-state index contributed by atoms with van der Waals surface area (Å²) in [5.41, 5.74) is 1.60. The second kappa shape index (κ2) is 8.41. The lowest BCUT2D eigenvalue weighted by molar-refractivity contribution is 0.102. The van der Waals surface area contributed by atoms with Crippen LogP contribution in [0.15, 0.2) is 54.6 Å². The molecule has 138 valence electrons. The minimum absolute atomic E-state index is 0.233. The lowest BCUT2D eigenvalue weighted by atomic mass is 10.1. The van der Waals surface area contributed by atoms with Gasteiger partial charge in [0.15, 0.2) is 5.13 Å². The van der Waals surface area contributed by atoms with Gasteiger partial charge in [-0.05, 0) is 31.2 Å². The molecule has 2 N–H and O–H groups in total. The zero-order valence-electron chi connectivity index (χ0n) is 14.4. The van der Waals surface area contributed by atoms with Crippen molar-refractivity contribution in [3.05, 3.63) is 66.0 Å². The van der Waals surface area contributed by atoms with Crippen LogP contribution in [0, 0.1) is 5.82 Å². The predicted octanol–water partition coefficient (Wildman–Crippen LogP) is 4.77. The maximum Gasteiger partial charge on any atom is 0.413 e. The summed E-state index contributed by atoms with van der Waals surface area (Å²) in [5, 5.41) is 6.07. The molecule has 3 rings (SSSR count). The van der Waals surface area contributed by atoms with Crippen molar-refractivity contribution in [3.63, 3.8) is 0 Å². The molecule has 0 aliphatic rings. The van der Waals surface area contributed by atoms with Gasteiger partial charge in [-0.3, -0.25) is 10.1 Å². The van der Waals surface area contributed by atoms with Crippen LogP contribution in [0.4, 0.5) is 19.3 Å². The molecule has 3 aromatic rings. The first-order valence-corrected chi connectivity index (χ1v) is 8.95. The number of amides is 2. The van der Waals surface area contributed by atoms with Gasteiger partial charge >= 0.3 is 6.09 Å². The van der Waals surface area contributed by atoms with E-state index >= 15 is 0 Å². The fourth-order valence-corrected chi connectivity index (χ4v) is 3.15. The normalized spacial score (nSPS) is 10.3. The van der Waals surface area contributed by atoms with E-state index in [9.17, 15) is 14.0 Å². The van der Waals surface area contributed by atoms with Gasteiger partial charge in [0.1, 0.15) is 16.5 Å². The third kappa shape index (κ3) is 4.68. The van der Waals surface area contributed by atoms with Gasteiger partial charge in [-0.1, -0.05) is 41.7 Å². The Morgan fingerprint density at radius 1 is 1.07 bits per heavy atom. The minimum atomic E-state index is -0.623. The van der Waals surface area contributed by atoms with Crippen LogP contribution in [0.3, 0.4) is 0 Å². The van der Waals surface area contributed by atoms with E-state index in [1.54, 1.807) is 6.92 Å². The van der Waals surface area contributed by atoms with Crippen LogP contribution in [0.25, 0.3) is 11.3 Å². The van der Waals surface area contributed by atoms with E-state index in [0.717, 1.165) is 16.9 Å². The molecule has 2 aromatic carbocycles. The molecule has 1 heterocycles. The van der Waals surface area contributed by atoms with Crippen molar-refractivity contribution in [2.24, 2.45) is 0 Å². The number of anilines is 2. The molecule has 8 heteroatoms. The lowest BCUT2D eigenvalue weighted by Crippen LogP contribution is -2.12. The summed E-state index contributed by atoms with van der Waals surface area (Å²) >= 11 is 1.11. The van der Waals surface area contributed by atoms with Crippen molar-refractivity contribution in [3.8, 4) is 11.3 Å². The fraction of sp³-hybridized carbons (Fsp3) is 0.105. The SMILES string of the molecule is CCOC(=O)Nc1nc(-c2ccccc2)c(NC(=O)c2ccc(F)cc2)s1. The van der Waals surface area contributed by atoms with E-state index in [1.807, 2.05) is 30.3 Å². The number of aromatic nitrogens is 1. The van der Waals surface area contributed by atoms with Gasteiger partial charge < -0.3 is 10.1 Å². The number of hydrogen-bond donors (Lipinski definition) is 2. The number of nitrogens with one attached hydrogen (secondary N) is 2. The van der Waals surface area contributed by atoms with E-state index in [1.165, 1.54) is 24.3 Å². The number of thiazole rings is 1. The highest BCUT2D eigenvalue weighted by Gasteiger charge is 2.18. The number of carbonyl (C=O) groups is 2. The number of hydrogen-bond acceptors (Lipinski definition) is 5. The Labute approximate surface area is 159 Å². The van der Waals surface area contributed by atoms with Gasteiger partial charge in [-0.2, -0.15) is 0 Å². The number of benzene rings is 2. The molecule has 0 spiro atoms. The molecule has 0 radical (unpaired) electrons. The predicted molar refractivity (Wildman–Crippen MR) is 103 cm³/mol. The first kappa shape index (κ1) is 18.5. The molecular weight excluding hydrogens is 369 g/mol. The van der Waals surface area contributed by atoms with Gasteiger partial charge in [0, 0.05) is 11.1 Å². The van der Waals surface area contributed by atoms with Crippen LogP contribution in [-0.4, -0.2) is 23.6 Å². The molecule has 27 heavy (non-hydrogen) atoms. The van der Waals surface area contributed by atoms with E-state index in [2.05, 4.69) is 15.6 Å². The number of rotatable bonds is 5. The zero-order valence-corrected chi connectivity index (χ0v) is 15.2. The van der Waals surface area contributed by atoms with Crippen molar-refractivity contribution < 1.29 is 18.7 Å². The number of nitrogens with zero attached hydrogens (tertiary/aromatic N) is 1. The van der Waals surface area contributed by atoms with Crippen LogP contribution in [-0.2, 0) is 4.74 Å². The summed E-state index contributed by atoms with van der Waals surface area (Å²) < 4.78 is 17.9. The Bertz CT molecular complexity index is 943. The average Bonchev–Trinajstić information content (AvgIpc) is 3.05.